The second kappa shape index (κ2) is 3.30. The average Bonchev–Trinajstić information content (AvgIpc) is 2.46. The third-order valence-electron chi connectivity index (χ3n) is 2.79. The molecule has 0 bridgehead atoms. The zero-order valence-electron chi connectivity index (χ0n) is 6.71. The molecule has 1 saturated heterocycles. The van der Waals surface area contributed by atoms with Gasteiger partial charge in [0.05, 0.1) is 5.60 Å². The van der Waals surface area contributed by atoms with E-state index in [0.717, 1.165) is 13.0 Å². The van der Waals surface area contributed by atoms with Crippen LogP contribution in [0.1, 0.15) is 32.1 Å². The van der Waals surface area contributed by atoms with Gasteiger partial charge in [0.1, 0.15) is 0 Å². The van der Waals surface area contributed by atoms with Crippen LogP contribution in [0.4, 0.5) is 0 Å². The minimum Gasteiger partial charge on any atom is -0.375 e. The van der Waals surface area contributed by atoms with Crippen LogP contribution >= 0.6 is 12.4 Å². The molecule has 0 aromatic heterocycles. The lowest BCUT2D eigenvalue weighted by molar-refractivity contribution is 0.00950. The van der Waals surface area contributed by atoms with E-state index in [0.29, 0.717) is 6.04 Å². The van der Waals surface area contributed by atoms with Crippen molar-refractivity contribution >= 4 is 12.4 Å². The number of rotatable bonds is 0. The molecule has 11 heavy (non-hydrogen) atoms. The molecular weight excluding hydrogens is 162 g/mol. The van der Waals surface area contributed by atoms with Gasteiger partial charge in [0, 0.05) is 12.6 Å². The summed E-state index contributed by atoms with van der Waals surface area (Å²) in [5.41, 5.74) is 6.04. The van der Waals surface area contributed by atoms with Gasteiger partial charge in [-0.3, -0.25) is 0 Å². The quantitative estimate of drug-likeness (QED) is 0.608. The Balaban J connectivity index is 0.000000605. The lowest BCUT2D eigenvalue weighted by Crippen LogP contribution is -2.26. The first-order valence-corrected chi connectivity index (χ1v) is 4.20. The minimum absolute atomic E-state index is 0. The Morgan fingerprint density at radius 2 is 2.18 bits per heavy atom. The summed E-state index contributed by atoms with van der Waals surface area (Å²) in [4.78, 5) is 0. The van der Waals surface area contributed by atoms with Gasteiger partial charge >= 0.3 is 0 Å². The van der Waals surface area contributed by atoms with Crippen LogP contribution in [0.5, 0.6) is 0 Å². The molecule has 0 radical (unpaired) electrons. The van der Waals surface area contributed by atoms with Crippen molar-refractivity contribution in [2.45, 2.75) is 43.7 Å². The van der Waals surface area contributed by atoms with Gasteiger partial charge in [-0.25, -0.2) is 0 Å². The highest BCUT2D eigenvalue weighted by molar-refractivity contribution is 5.85. The molecule has 2 fully saturated rings. The maximum atomic E-state index is 5.81. The van der Waals surface area contributed by atoms with Gasteiger partial charge in [-0.2, -0.15) is 0 Å². The van der Waals surface area contributed by atoms with Crippen LogP contribution < -0.4 is 5.73 Å². The van der Waals surface area contributed by atoms with Crippen LogP contribution in [-0.2, 0) is 4.74 Å². The van der Waals surface area contributed by atoms with Crippen molar-refractivity contribution in [2.75, 3.05) is 6.61 Å². The van der Waals surface area contributed by atoms with Crippen molar-refractivity contribution in [1.82, 2.24) is 0 Å². The highest BCUT2D eigenvalue weighted by atomic mass is 35.5. The summed E-state index contributed by atoms with van der Waals surface area (Å²) in [5, 5.41) is 0. The predicted octanol–water partition coefficient (Wildman–Crippen LogP) is 1.47. The molecule has 1 aliphatic carbocycles. The molecule has 1 aliphatic heterocycles. The monoisotopic (exact) mass is 177 g/mol. The Bertz CT molecular complexity index is 134. The van der Waals surface area contributed by atoms with Gasteiger partial charge in [0.15, 0.2) is 0 Å². The van der Waals surface area contributed by atoms with E-state index in [1.165, 1.54) is 25.7 Å². The maximum absolute atomic E-state index is 5.81. The second-order valence-electron chi connectivity index (χ2n) is 3.64. The van der Waals surface area contributed by atoms with E-state index in [4.69, 9.17) is 10.5 Å². The van der Waals surface area contributed by atoms with E-state index in [1.54, 1.807) is 0 Å². The summed E-state index contributed by atoms with van der Waals surface area (Å²) in [6.07, 6.45) is 5.97. The van der Waals surface area contributed by atoms with Crippen molar-refractivity contribution in [3.63, 3.8) is 0 Å². The Kier molecular flexibility index (Phi) is 2.79. The van der Waals surface area contributed by atoms with E-state index in [-0.39, 0.29) is 18.0 Å². The predicted molar refractivity (Wildman–Crippen MR) is 47.0 cm³/mol. The third kappa shape index (κ3) is 1.68. The first kappa shape index (κ1) is 9.30. The normalized spacial score (nSPS) is 42.8. The van der Waals surface area contributed by atoms with Crippen molar-refractivity contribution in [3.8, 4) is 0 Å². The standard InChI is InChI=1S/C8H15NO.ClH/c9-7-2-4-8(6-7)3-1-5-10-8;/h7H,1-6,9H2;1H/t7?,8-;/m0./s1. The van der Waals surface area contributed by atoms with Crippen LogP contribution in [0.3, 0.4) is 0 Å². The van der Waals surface area contributed by atoms with Crippen molar-refractivity contribution in [2.24, 2.45) is 5.73 Å². The summed E-state index contributed by atoms with van der Waals surface area (Å²) in [6.45, 7) is 0.965. The van der Waals surface area contributed by atoms with E-state index in [2.05, 4.69) is 0 Å². The number of hydrogen-bond acceptors (Lipinski definition) is 2. The molecule has 3 heteroatoms. The second-order valence-corrected chi connectivity index (χ2v) is 3.64. The molecule has 0 amide bonds. The SMILES string of the molecule is Cl.NC1CC[C@@]2(CCCO2)C1. The molecular formula is C8H16ClNO. The smallest absolute Gasteiger partial charge is 0.0698 e. The Morgan fingerprint density at radius 1 is 1.36 bits per heavy atom. The maximum Gasteiger partial charge on any atom is 0.0698 e. The molecule has 2 nitrogen and oxygen atoms in total. The van der Waals surface area contributed by atoms with Gasteiger partial charge < -0.3 is 10.5 Å². The molecule has 2 aliphatic rings. The fourth-order valence-electron chi connectivity index (χ4n) is 2.24. The Hall–Kier alpha value is 0.210. The summed E-state index contributed by atoms with van der Waals surface area (Å²) in [6, 6.07) is 0.415. The summed E-state index contributed by atoms with van der Waals surface area (Å²) >= 11 is 0. The Labute approximate surface area is 73.9 Å². The lowest BCUT2D eigenvalue weighted by atomic mass is 9.98. The number of nitrogens with two attached hydrogens (primary N) is 1. The third-order valence-corrected chi connectivity index (χ3v) is 2.79. The zero-order valence-corrected chi connectivity index (χ0v) is 7.53. The Morgan fingerprint density at radius 3 is 2.64 bits per heavy atom. The van der Waals surface area contributed by atoms with Crippen LogP contribution in [-0.4, -0.2) is 18.2 Å². The van der Waals surface area contributed by atoms with Gasteiger partial charge in [0.25, 0.3) is 0 Å². The topological polar surface area (TPSA) is 35.2 Å². The van der Waals surface area contributed by atoms with E-state index in [9.17, 15) is 0 Å². The molecule has 2 N–H and O–H groups in total. The molecule has 2 rings (SSSR count). The van der Waals surface area contributed by atoms with Crippen molar-refractivity contribution in [1.29, 1.82) is 0 Å². The molecule has 0 aromatic carbocycles. The lowest BCUT2D eigenvalue weighted by Gasteiger charge is -2.21. The summed E-state index contributed by atoms with van der Waals surface area (Å²) in [5.74, 6) is 0. The molecule has 1 spiro atoms. The molecule has 0 aromatic rings. The van der Waals surface area contributed by atoms with Gasteiger partial charge in [-0.1, -0.05) is 0 Å². The average molecular weight is 178 g/mol. The highest BCUT2D eigenvalue weighted by Crippen LogP contribution is 2.40. The number of hydrogen-bond donors (Lipinski definition) is 1. The minimum atomic E-state index is 0. The molecule has 1 unspecified atom stereocenters. The van der Waals surface area contributed by atoms with Crippen molar-refractivity contribution < 1.29 is 4.74 Å². The van der Waals surface area contributed by atoms with Crippen LogP contribution in [0.15, 0.2) is 0 Å². The molecule has 1 saturated carbocycles. The van der Waals surface area contributed by atoms with E-state index >= 15 is 0 Å². The summed E-state index contributed by atoms with van der Waals surface area (Å²) < 4.78 is 5.69. The van der Waals surface area contributed by atoms with Crippen LogP contribution in [0, 0.1) is 0 Å². The van der Waals surface area contributed by atoms with E-state index in [1.807, 2.05) is 0 Å². The van der Waals surface area contributed by atoms with Crippen molar-refractivity contribution in [3.05, 3.63) is 0 Å². The van der Waals surface area contributed by atoms with Crippen LogP contribution in [0.25, 0.3) is 0 Å². The molecule has 66 valence electrons. The molecule has 2 atom stereocenters. The highest BCUT2D eigenvalue weighted by Gasteiger charge is 2.40. The molecule has 1 heterocycles. The fourth-order valence-corrected chi connectivity index (χ4v) is 2.24. The number of halogens is 1. The van der Waals surface area contributed by atoms with Gasteiger partial charge in [0.2, 0.25) is 0 Å². The first-order valence-electron chi connectivity index (χ1n) is 4.20. The zero-order chi connectivity index (χ0) is 7.03. The fraction of sp³-hybridized carbons (Fsp3) is 1.00. The summed E-state index contributed by atoms with van der Waals surface area (Å²) in [7, 11) is 0. The van der Waals surface area contributed by atoms with E-state index < -0.39 is 0 Å². The van der Waals surface area contributed by atoms with Gasteiger partial charge in [-0.15, -0.1) is 12.4 Å². The van der Waals surface area contributed by atoms with Crippen LogP contribution in [0.2, 0.25) is 0 Å². The first-order chi connectivity index (χ1) is 4.81. The largest absolute Gasteiger partial charge is 0.375 e. The number of ether oxygens (including phenoxy) is 1. The van der Waals surface area contributed by atoms with Gasteiger partial charge in [-0.05, 0) is 32.1 Å².